The first-order valence-electron chi connectivity index (χ1n) is 6.69. The monoisotopic (exact) mass is 283 g/mol. The first-order valence-corrected chi connectivity index (χ1v) is 7.50. The summed E-state index contributed by atoms with van der Waals surface area (Å²) in [7, 11) is 0. The van der Waals surface area contributed by atoms with Crippen molar-refractivity contribution in [1.29, 1.82) is 0 Å². The van der Waals surface area contributed by atoms with Gasteiger partial charge in [-0.15, -0.1) is 11.3 Å². The van der Waals surface area contributed by atoms with Gasteiger partial charge in [0.2, 0.25) is 5.95 Å². The lowest BCUT2D eigenvalue weighted by Gasteiger charge is -2.14. The van der Waals surface area contributed by atoms with Crippen molar-refractivity contribution in [2.75, 3.05) is 5.32 Å². The van der Waals surface area contributed by atoms with Crippen molar-refractivity contribution in [3.05, 3.63) is 51.8 Å². The number of benzene rings is 1. The molecule has 0 aliphatic rings. The van der Waals surface area contributed by atoms with Crippen LogP contribution in [-0.4, -0.2) is 9.97 Å². The zero-order valence-electron chi connectivity index (χ0n) is 11.8. The molecule has 0 radical (unpaired) electrons. The topological polar surface area (TPSA) is 37.8 Å². The van der Waals surface area contributed by atoms with Gasteiger partial charge in [0.15, 0.2) is 0 Å². The summed E-state index contributed by atoms with van der Waals surface area (Å²) in [5.41, 5.74) is 2.29. The Morgan fingerprint density at radius 2 is 2.00 bits per heavy atom. The zero-order valence-corrected chi connectivity index (χ0v) is 12.7. The molecule has 1 N–H and O–H groups in total. The van der Waals surface area contributed by atoms with Crippen LogP contribution >= 0.6 is 11.3 Å². The van der Waals surface area contributed by atoms with Crippen molar-refractivity contribution < 1.29 is 0 Å². The lowest BCUT2D eigenvalue weighted by atomic mass is 10.1. The van der Waals surface area contributed by atoms with Gasteiger partial charge in [0.05, 0.1) is 11.6 Å². The molecule has 3 rings (SSSR count). The van der Waals surface area contributed by atoms with E-state index in [1.807, 2.05) is 41.8 Å². The van der Waals surface area contributed by atoms with Gasteiger partial charge in [-0.05, 0) is 38.5 Å². The van der Waals surface area contributed by atoms with E-state index in [9.17, 15) is 0 Å². The summed E-state index contributed by atoms with van der Waals surface area (Å²) < 4.78 is 0. The van der Waals surface area contributed by atoms with Crippen LogP contribution in [0.4, 0.5) is 5.95 Å². The Hall–Kier alpha value is -1.94. The highest BCUT2D eigenvalue weighted by Crippen LogP contribution is 2.28. The summed E-state index contributed by atoms with van der Waals surface area (Å²) in [4.78, 5) is 11.6. The fourth-order valence-electron chi connectivity index (χ4n) is 2.39. The van der Waals surface area contributed by atoms with E-state index in [1.54, 1.807) is 0 Å². The second-order valence-electron chi connectivity index (χ2n) is 4.99. The Balaban J connectivity index is 1.87. The molecule has 1 unspecified atom stereocenters. The maximum Gasteiger partial charge on any atom is 0.223 e. The average molecular weight is 283 g/mol. The van der Waals surface area contributed by atoms with Crippen molar-refractivity contribution in [2.45, 2.75) is 26.8 Å². The third kappa shape index (κ3) is 2.51. The number of thiophene rings is 1. The molecule has 0 aliphatic carbocycles. The highest BCUT2D eigenvalue weighted by Gasteiger charge is 2.12. The minimum atomic E-state index is 0.209. The molecule has 0 saturated heterocycles. The summed E-state index contributed by atoms with van der Waals surface area (Å²) in [5.74, 6) is 0.680. The van der Waals surface area contributed by atoms with Gasteiger partial charge in [-0.25, -0.2) is 9.97 Å². The molecule has 1 atom stereocenters. The molecule has 0 bridgehead atoms. The predicted molar refractivity (Wildman–Crippen MR) is 85.4 cm³/mol. The van der Waals surface area contributed by atoms with Crippen LogP contribution in [0.2, 0.25) is 0 Å². The molecular weight excluding hydrogens is 266 g/mol. The van der Waals surface area contributed by atoms with Crippen LogP contribution < -0.4 is 5.32 Å². The Morgan fingerprint density at radius 1 is 1.20 bits per heavy atom. The van der Waals surface area contributed by atoms with E-state index in [2.05, 4.69) is 42.1 Å². The quantitative estimate of drug-likeness (QED) is 0.770. The molecule has 0 fully saturated rings. The van der Waals surface area contributed by atoms with Gasteiger partial charge in [0, 0.05) is 21.3 Å². The standard InChI is InChI=1S/C16H17N3S/c1-10-8-14(12(3)20-10)11(2)18-16-17-9-13-6-4-5-7-15(13)19-16/h4-9,11H,1-3H3,(H,17,18,19). The van der Waals surface area contributed by atoms with Gasteiger partial charge < -0.3 is 5.32 Å². The van der Waals surface area contributed by atoms with Gasteiger partial charge in [0.1, 0.15) is 0 Å². The maximum absolute atomic E-state index is 4.56. The van der Waals surface area contributed by atoms with Crippen LogP contribution in [0.25, 0.3) is 10.9 Å². The summed E-state index contributed by atoms with van der Waals surface area (Å²) in [5, 5.41) is 4.45. The Labute approximate surface area is 122 Å². The van der Waals surface area contributed by atoms with Crippen LogP contribution in [0.15, 0.2) is 36.5 Å². The van der Waals surface area contributed by atoms with E-state index in [1.165, 1.54) is 15.3 Å². The minimum absolute atomic E-state index is 0.209. The van der Waals surface area contributed by atoms with Crippen molar-refractivity contribution in [3.63, 3.8) is 0 Å². The molecule has 20 heavy (non-hydrogen) atoms. The van der Waals surface area contributed by atoms with E-state index in [-0.39, 0.29) is 6.04 Å². The first-order chi connectivity index (χ1) is 9.63. The molecule has 0 amide bonds. The fourth-order valence-corrected chi connectivity index (χ4v) is 3.42. The normalized spacial score (nSPS) is 12.6. The Kier molecular flexibility index (Phi) is 3.40. The third-order valence-electron chi connectivity index (χ3n) is 3.38. The van der Waals surface area contributed by atoms with Gasteiger partial charge in [-0.3, -0.25) is 0 Å². The molecule has 2 aromatic heterocycles. The van der Waals surface area contributed by atoms with E-state index in [0.717, 1.165) is 10.9 Å². The largest absolute Gasteiger partial charge is 0.348 e. The molecule has 0 spiro atoms. The SMILES string of the molecule is Cc1cc(C(C)Nc2ncc3ccccc3n2)c(C)s1. The highest BCUT2D eigenvalue weighted by molar-refractivity contribution is 7.12. The first kappa shape index (κ1) is 13.1. The van der Waals surface area contributed by atoms with E-state index < -0.39 is 0 Å². The number of fused-ring (bicyclic) bond motifs is 1. The molecule has 0 aliphatic heterocycles. The van der Waals surface area contributed by atoms with Crippen LogP contribution in [-0.2, 0) is 0 Å². The number of aryl methyl sites for hydroxylation is 2. The van der Waals surface area contributed by atoms with Gasteiger partial charge in [-0.1, -0.05) is 18.2 Å². The van der Waals surface area contributed by atoms with E-state index in [0.29, 0.717) is 5.95 Å². The average Bonchev–Trinajstić information content (AvgIpc) is 2.78. The molecule has 1 aromatic carbocycles. The lowest BCUT2D eigenvalue weighted by molar-refractivity contribution is 0.861. The van der Waals surface area contributed by atoms with Gasteiger partial charge >= 0.3 is 0 Å². The number of nitrogens with zero attached hydrogens (tertiary/aromatic N) is 2. The highest BCUT2D eigenvalue weighted by atomic mass is 32.1. The van der Waals surface area contributed by atoms with Crippen LogP contribution in [0.1, 0.15) is 28.3 Å². The zero-order chi connectivity index (χ0) is 14.1. The Bertz CT molecular complexity index is 748. The van der Waals surface area contributed by atoms with Crippen molar-refractivity contribution >= 4 is 28.2 Å². The van der Waals surface area contributed by atoms with Gasteiger partial charge in [0.25, 0.3) is 0 Å². The minimum Gasteiger partial charge on any atom is -0.348 e. The predicted octanol–water partition coefficient (Wildman–Crippen LogP) is 4.48. The van der Waals surface area contributed by atoms with E-state index >= 15 is 0 Å². The molecule has 2 heterocycles. The van der Waals surface area contributed by atoms with Gasteiger partial charge in [-0.2, -0.15) is 0 Å². The summed E-state index contributed by atoms with van der Waals surface area (Å²) in [6.45, 7) is 6.44. The maximum atomic E-state index is 4.56. The smallest absolute Gasteiger partial charge is 0.223 e. The number of aromatic nitrogens is 2. The van der Waals surface area contributed by atoms with Crippen LogP contribution in [0.5, 0.6) is 0 Å². The Morgan fingerprint density at radius 3 is 2.75 bits per heavy atom. The second kappa shape index (κ2) is 5.21. The number of nitrogens with one attached hydrogen (secondary N) is 1. The summed E-state index contributed by atoms with van der Waals surface area (Å²) >= 11 is 1.83. The lowest BCUT2D eigenvalue weighted by Crippen LogP contribution is -2.09. The van der Waals surface area contributed by atoms with Crippen molar-refractivity contribution in [2.24, 2.45) is 0 Å². The third-order valence-corrected chi connectivity index (χ3v) is 4.36. The molecular formula is C16H17N3S. The number of rotatable bonds is 3. The second-order valence-corrected chi connectivity index (χ2v) is 6.45. The number of para-hydroxylation sites is 1. The molecule has 3 aromatic rings. The molecule has 3 nitrogen and oxygen atoms in total. The van der Waals surface area contributed by atoms with Crippen molar-refractivity contribution in [3.8, 4) is 0 Å². The summed E-state index contributed by atoms with van der Waals surface area (Å²) in [6, 6.07) is 10.5. The molecule has 4 heteroatoms. The van der Waals surface area contributed by atoms with E-state index in [4.69, 9.17) is 0 Å². The molecule has 0 saturated carbocycles. The fraction of sp³-hybridized carbons (Fsp3) is 0.250. The summed E-state index contributed by atoms with van der Waals surface area (Å²) in [6.07, 6.45) is 1.86. The number of hydrogen-bond donors (Lipinski definition) is 1. The number of anilines is 1. The van der Waals surface area contributed by atoms with Crippen molar-refractivity contribution in [1.82, 2.24) is 9.97 Å². The number of hydrogen-bond acceptors (Lipinski definition) is 4. The van der Waals surface area contributed by atoms with Crippen LogP contribution in [0.3, 0.4) is 0 Å². The van der Waals surface area contributed by atoms with Crippen LogP contribution in [0, 0.1) is 13.8 Å². The molecule has 102 valence electrons.